The Balaban J connectivity index is 2.14. The van der Waals surface area contributed by atoms with Crippen LogP contribution in [0, 0.1) is 0 Å². The van der Waals surface area contributed by atoms with Crippen molar-refractivity contribution in [2.24, 2.45) is 0 Å². The van der Waals surface area contributed by atoms with E-state index >= 15 is 0 Å². The highest BCUT2D eigenvalue weighted by Gasteiger charge is 2.16. The SMILES string of the molecule is CCn1cc(C(=O)Nc2ccccc2)c(=O)c2c(N)cccc21. The number of aryl methyl sites for hydroxylation is 1. The van der Waals surface area contributed by atoms with E-state index in [1.54, 1.807) is 30.5 Å². The Labute approximate surface area is 133 Å². The van der Waals surface area contributed by atoms with E-state index in [1.807, 2.05) is 35.8 Å². The second-order valence-corrected chi connectivity index (χ2v) is 5.22. The molecule has 3 rings (SSSR count). The van der Waals surface area contributed by atoms with Crippen molar-refractivity contribution in [2.45, 2.75) is 13.5 Å². The molecule has 2 aromatic carbocycles. The molecule has 5 heteroatoms. The van der Waals surface area contributed by atoms with Gasteiger partial charge in [-0.2, -0.15) is 0 Å². The molecule has 0 aliphatic heterocycles. The van der Waals surface area contributed by atoms with Crippen LogP contribution in [0.4, 0.5) is 11.4 Å². The molecule has 1 aromatic heterocycles. The molecule has 0 radical (unpaired) electrons. The van der Waals surface area contributed by atoms with Gasteiger partial charge in [0, 0.05) is 24.1 Å². The summed E-state index contributed by atoms with van der Waals surface area (Å²) in [5.74, 6) is -0.437. The average molecular weight is 307 g/mol. The molecule has 0 bridgehead atoms. The summed E-state index contributed by atoms with van der Waals surface area (Å²) in [6, 6.07) is 14.3. The van der Waals surface area contributed by atoms with Gasteiger partial charge in [0.05, 0.1) is 10.9 Å². The van der Waals surface area contributed by atoms with E-state index in [4.69, 9.17) is 5.73 Å². The van der Waals surface area contributed by atoms with E-state index in [1.165, 1.54) is 0 Å². The first kappa shape index (κ1) is 14.8. The molecule has 116 valence electrons. The molecule has 0 unspecified atom stereocenters. The fraction of sp³-hybridized carbons (Fsp3) is 0.111. The Bertz CT molecular complexity index is 930. The summed E-state index contributed by atoms with van der Waals surface area (Å²) in [5.41, 5.74) is 7.44. The standard InChI is InChI=1S/C18H17N3O2/c1-2-21-11-13(18(23)20-12-7-4-3-5-8-12)17(22)16-14(19)9-6-10-15(16)21/h3-11H,2,19H2,1H3,(H,20,23). The quantitative estimate of drug-likeness (QED) is 0.730. The number of aromatic nitrogens is 1. The van der Waals surface area contributed by atoms with Crippen molar-refractivity contribution in [3.05, 3.63) is 70.5 Å². The largest absolute Gasteiger partial charge is 0.398 e. The van der Waals surface area contributed by atoms with Gasteiger partial charge in [-0.25, -0.2) is 0 Å². The van der Waals surface area contributed by atoms with Gasteiger partial charge >= 0.3 is 0 Å². The number of nitrogens with zero attached hydrogens (tertiary/aromatic N) is 1. The summed E-state index contributed by atoms with van der Waals surface area (Å²) in [6.07, 6.45) is 1.59. The average Bonchev–Trinajstić information content (AvgIpc) is 2.56. The van der Waals surface area contributed by atoms with Crippen LogP contribution in [0.1, 0.15) is 17.3 Å². The van der Waals surface area contributed by atoms with Gasteiger partial charge in [-0.15, -0.1) is 0 Å². The number of fused-ring (bicyclic) bond motifs is 1. The summed E-state index contributed by atoms with van der Waals surface area (Å²) in [6.45, 7) is 2.58. The number of anilines is 2. The number of hydrogen-bond donors (Lipinski definition) is 2. The molecule has 0 spiro atoms. The predicted molar refractivity (Wildman–Crippen MR) is 92.7 cm³/mol. The van der Waals surface area contributed by atoms with Gasteiger partial charge in [0.2, 0.25) is 5.43 Å². The first-order valence-corrected chi connectivity index (χ1v) is 7.40. The number of carbonyl (C=O) groups is 1. The van der Waals surface area contributed by atoms with Gasteiger partial charge < -0.3 is 15.6 Å². The third kappa shape index (κ3) is 2.68. The minimum atomic E-state index is -0.437. The number of nitrogen functional groups attached to an aromatic ring is 1. The van der Waals surface area contributed by atoms with Crippen molar-refractivity contribution in [1.82, 2.24) is 4.57 Å². The van der Waals surface area contributed by atoms with E-state index < -0.39 is 5.91 Å². The molecule has 0 aliphatic rings. The number of nitrogens with two attached hydrogens (primary N) is 1. The van der Waals surface area contributed by atoms with Gasteiger partial charge in [0.15, 0.2) is 0 Å². The Kier molecular flexibility index (Phi) is 3.85. The lowest BCUT2D eigenvalue weighted by molar-refractivity contribution is 0.102. The summed E-state index contributed by atoms with van der Waals surface area (Å²) in [5, 5.41) is 3.13. The van der Waals surface area contributed by atoms with Gasteiger partial charge in [-0.1, -0.05) is 24.3 Å². The van der Waals surface area contributed by atoms with Crippen LogP contribution in [0.2, 0.25) is 0 Å². The first-order valence-electron chi connectivity index (χ1n) is 7.40. The highest BCUT2D eigenvalue weighted by atomic mass is 16.2. The minimum absolute atomic E-state index is 0.0844. The molecular formula is C18H17N3O2. The van der Waals surface area contributed by atoms with Crippen LogP contribution in [0.15, 0.2) is 59.5 Å². The van der Waals surface area contributed by atoms with Crippen LogP contribution < -0.4 is 16.5 Å². The predicted octanol–water partition coefficient (Wildman–Crippen LogP) is 2.86. The Morgan fingerprint density at radius 1 is 1.13 bits per heavy atom. The molecule has 23 heavy (non-hydrogen) atoms. The van der Waals surface area contributed by atoms with Gasteiger partial charge in [0.25, 0.3) is 5.91 Å². The van der Waals surface area contributed by atoms with Crippen molar-refractivity contribution in [3.63, 3.8) is 0 Å². The highest BCUT2D eigenvalue weighted by Crippen LogP contribution is 2.19. The van der Waals surface area contributed by atoms with E-state index in [0.717, 1.165) is 5.52 Å². The fourth-order valence-electron chi connectivity index (χ4n) is 2.61. The zero-order valence-corrected chi connectivity index (χ0v) is 12.7. The number of nitrogens with one attached hydrogen (secondary N) is 1. The van der Waals surface area contributed by atoms with E-state index in [2.05, 4.69) is 5.32 Å². The lowest BCUT2D eigenvalue weighted by Crippen LogP contribution is -2.24. The molecular weight excluding hydrogens is 290 g/mol. The topological polar surface area (TPSA) is 77.1 Å². The number of amides is 1. The number of carbonyl (C=O) groups excluding carboxylic acids is 1. The molecule has 5 nitrogen and oxygen atoms in total. The van der Waals surface area contributed by atoms with Crippen LogP contribution in [-0.4, -0.2) is 10.5 Å². The van der Waals surface area contributed by atoms with Crippen molar-refractivity contribution in [2.75, 3.05) is 11.1 Å². The molecule has 0 aliphatic carbocycles. The molecule has 0 saturated heterocycles. The molecule has 3 N–H and O–H groups in total. The second-order valence-electron chi connectivity index (χ2n) is 5.22. The maximum absolute atomic E-state index is 12.7. The summed E-state index contributed by atoms with van der Waals surface area (Å²) in [7, 11) is 0. The molecule has 0 atom stereocenters. The molecule has 0 saturated carbocycles. The first-order chi connectivity index (χ1) is 11.1. The van der Waals surface area contributed by atoms with Crippen LogP contribution >= 0.6 is 0 Å². The highest BCUT2D eigenvalue weighted by molar-refractivity contribution is 6.06. The van der Waals surface area contributed by atoms with Gasteiger partial charge in [-0.05, 0) is 31.2 Å². The van der Waals surface area contributed by atoms with E-state index in [0.29, 0.717) is 23.3 Å². The Morgan fingerprint density at radius 3 is 2.57 bits per heavy atom. The van der Waals surface area contributed by atoms with Crippen LogP contribution in [0.3, 0.4) is 0 Å². The Hall–Kier alpha value is -3.08. The Morgan fingerprint density at radius 2 is 1.87 bits per heavy atom. The molecule has 1 amide bonds. The zero-order chi connectivity index (χ0) is 16.4. The van der Waals surface area contributed by atoms with Crippen molar-refractivity contribution in [1.29, 1.82) is 0 Å². The third-order valence-corrected chi connectivity index (χ3v) is 3.76. The van der Waals surface area contributed by atoms with Gasteiger partial charge in [-0.3, -0.25) is 9.59 Å². The minimum Gasteiger partial charge on any atom is -0.398 e. The summed E-state index contributed by atoms with van der Waals surface area (Å²) in [4.78, 5) is 25.2. The lowest BCUT2D eigenvalue weighted by atomic mass is 10.1. The second kappa shape index (κ2) is 5.96. The number of hydrogen-bond acceptors (Lipinski definition) is 3. The smallest absolute Gasteiger partial charge is 0.261 e. The van der Waals surface area contributed by atoms with Gasteiger partial charge in [0.1, 0.15) is 5.56 Å². The maximum atomic E-state index is 12.7. The fourth-order valence-corrected chi connectivity index (χ4v) is 2.61. The third-order valence-electron chi connectivity index (χ3n) is 3.76. The van der Waals surface area contributed by atoms with Crippen molar-refractivity contribution < 1.29 is 4.79 Å². The number of rotatable bonds is 3. The van der Waals surface area contributed by atoms with Crippen molar-refractivity contribution >= 4 is 28.2 Å². The zero-order valence-electron chi connectivity index (χ0n) is 12.7. The monoisotopic (exact) mass is 307 g/mol. The van der Waals surface area contributed by atoms with E-state index in [9.17, 15) is 9.59 Å². The molecule has 0 fully saturated rings. The molecule has 3 aromatic rings. The van der Waals surface area contributed by atoms with Crippen LogP contribution in [0.25, 0.3) is 10.9 Å². The van der Waals surface area contributed by atoms with Crippen LogP contribution in [0.5, 0.6) is 0 Å². The number of benzene rings is 2. The number of pyridine rings is 1. The molecule has 1 heterocycles. The summed E-state index contributed by atoms with van der Waals surface area (Å²) >= 11 is 0. The number of para-hydroxylation sites is 1. The van der Waals surface area contributed by atoms with Crippen molar-refractivity contribution in [3.8, 4) is 0 Å². The maximum Gasteiger partial charge on any atom is 0.261 e. The summed E-state index contributed by atoms with van der Waals surface area (Å²) < 4.78 is 1.85. The normalized spacial score (nSPS) is 10.7. The van der Waals surface area contributed by atoms with Crippen LogP contribution in [-0.2, 0) is 6.54 Å². The van der Waals surface area contributed by atoms with E-state index in [-0.39, 0.29) is 11.0 Å². The lowest BCUT2D eigenvalue weighted by Gasteiger charge is -2.13.